The molecule has 0 aliphatic heterocycles. The van der Waals surface area contributed by atoms with Crippen molar-refractivity contribution >= 4 is 11.3 Å². The topological polar surface area (TPSA) is 26.0 Å². The average molecular weight is 151 g/mol. The normalized spacial score (nSPS) is 10.0. The van der Waals surface area contributed by atoms with Crippen molar-refractivity contribution < 1.29 is 4.42 Å². The molecular formula is C7H5NOS. The van der Waals surface area contributed by atoms with Crippen molar-refractivity contribution in [3.63, 3.8) is 0 Å². The van der Waals surface area contributed by atoms with Gasteiger partial charge in [-0.05, 0) is 6.07 Å². The highest BCUT2D eigenvalue weighted by Crippen LogP contribution is 2.18. The molecule has 50 valence electrons. The van der Waals surface area contributed by atoms with Gasteiger partial charge in [-0.3, -0.25) is 0 Å². The predicted octanol–water partition coefficient (Wildman–Crippen LogP) is 2.40. The fourth-order valence-electron chi connectivity index (χ4n) is 0.765. The standard InChI is InChI=1S/C7H5NOS/c1-2-9-3-6(1)7-4-10-5-8-7/h1-5H. The summed E-state index contributed by atoms with van der Waals surface area (Å²) in [4.78, 5) is 4.12. The zero-order valence-corrected chi connectivity index (χ0v) is 5.97. The molecule has 0 atom stereocenters. The summed E-state index contributed by atoms with van der Waals surface area (Å²) in [6.07, 6.45) is 3.34. The Bertz CT molecular complexity index is 253. The molecule has 0 radical (unpaired) electrons. The molecule has 2 aromatic heterocycles. The summed E-state index contributed by atoms with van der Waals surface area (Å²) in [6, 6.07) is 1.90. The van der Waals surface area contributed by atoms with Crippen molar-refractivity contribution in [3.8, 4) is 11.3 Å². The highest BCUT2D eigenvalue weighted by molar-refractivity contribution is 7.07. The second-order valence-corrected chi connectivity index (χ2v) is 2.60. The number of hydrogen-bond donors (Lipinski definition) is 0. The molecule has 0 amide bonds. The monoisotopic (exact) mass is 151 g/mol. The van der Waals surface area contributed by atoms with Gasteiger partial charge in [0.2, 0.25) is 0 Å². The van der Waals surface area contributed by atoms with Crippen LogP contribution in [0.25, 0.3) is 11.3 Å². The summed E-state index contributed by atoms with van der Waals surface area (Å²) < 4.78 is 4.90. The Morgan fingerprint density at radius 1 is 1.50 bits per heavy atom. The molecule has 2 aromatic rings. The first-order valence-electron chi connectivity index (χ1n) is 2.87. The van der Waals surface area contributed by atoms with E-state index in [0.717, 1.165) is 11.3 Å². The first kappa shape index (κ1) is 5.68. The van der Waals surface area contributed by atoms with Crippen molar-refractivity contribution in [3.05, 3.63) is 29.5 Å². The summed E-state index contributed by atoms with van der Waals surface area (Å²) in [5, 5.41) is 1.99. The Morgan fingerprint density at radius 2 is 2.50 bits per heavy atom. The van der Waals surface area contributed by atoms with E-state index >= 15 is 0 Å². The van der Waals surface area contributed by atoms with Crippen LogP contribution in [0.5, 0.6) is 0 Å². The molecule has 10 heavy (non-hydrogen) atoms. The zero-order valence-electron chi connectivity index (χ0n) is 5.15. The summed E-state index contributed by atoms with van der Waals surface area (Å²) in [7, 11) is 0. The van der Waals surface area contributed by atoms with Crippen LogP contribution in [0.1, 0.15) is 0 Å². The van der Waals surface area contributed by atoms with Crippen LogP contribution in [0.15, 0.2) is 33.9 Å². The average Bonchev–Trinajstić information content (AvgIpc) is 2.59. The van der Waals surface area contributed by atoms with Gasteiger partial charge in [0.15, 0.2) is 0 Å². The van der Waals surface area contributed by atoms with Crippen molar-refractivity contribution in [2.24, 2.45) is 0 Å². The minimum Gasteiger partial charge on any atom is -0.472 e. The van der Waals surface area contributed by atoms with Crippen molar-refractivity contribution in [1.82, 2.24) is 4.98 Å². The molecule has 0 aliphatic rings. The van der Waals surface area contributed by atoms with Crippen LogP contribution in [0, 0.1) is 0 Å². The van der Waals surface area contributed by atoms with Gasteiger partial charge in [0.05, 0.1) is 23.7 Å². The molecular weight excluding hydrogens is 146 g/mol. The highest BCUT2D eigenvalue weighted by Gasteiger charge is 1.98. The van der Waals surface area contributed by atoms with E-state index in [1.807, 2.05) is 17.0 Å². The number of hydrogen-bond acceptors (Lipinski definition) is 3. The maximum Gasteiger partial charge on any atom is 0.0996 e. The van der Waals surface area contributed by atoms with Crippen LogP contribution < -0.4 is 0 Å². The molecule has 0 unspecified atom stereocenters. The minimum atomic E-state index is 0.985. The lowest BCUT2D eigenvalue weighted by atomic mass is 10.3. The molecule has 0 fully saturated rings. The van der Waals surface area contributed by atoms with Gasteiger partial charge in [-0.15, -0.1) is 11.3 Å². The first-order chi connectivity index (χ1) is 4.97. The molecule has 2 heterocycles. The molecule has 0 N–H and O–H groups in total. The van der Waals surface area contributed by atoms with E-state index in [0.29, 0.717) is 0 Å². The predicted molar refractivity (Wildman–Crippen MR) is 39.8 cm³/mol. The lowest BCUT2D eigenvalue weighted by Gasteiger charge is -1.82. The van der Waals surface area contributed by atoms with E-state index < -0.39 is 0 Å². The fraction of sp³-hybridized carbons (Fsp3) is 0. The lowest BCUT2D eigenvalue weighted by molar-refractivity contribution is 0.568. The second-order valence-electron chi connectivity index (χ2n) is 1.89. The van der Waals surface area contributed by atoms with Gasteiger partial charge in [-0.2, -0.15) is 0 Å². The maximum atomic E-state index is 4.90. The van der Waals surface area contributed by atoms with E-state index in [4.69, 9.17) is 4.42 Å². The lowest BCUT2D eigenvalue weighted by Crippen LogP contribution is -1.67. The summed E-state index contributed by atoms with van der Waals surface area (Å²) in [5.41, 5.74) is 3.84. The van der Waals surface area contributed by atoms with Crippen molar-refractivity contribution in [1.29, 1.82) is 0 Å². The third-order valence-corrected chi connectivity index (χ3v) is 1.84. The largest absolute Gasteiger partial charge is 0.472 e. The van der Waals surface area contributed by atoms with E-state index in [1.54, 1.807) is 23.9 Å². The van der Waals surface area contributed by atoms with E-state index in [2.05, 4.69) is 4.98 Å². The summed E-state index contributed by atoms with van der Waals surface area (Å²) in [5.74, 6) is 0. The van der Waals surface area contributed by atoms with Gasteiger partial charge in [-0.25, -0.2) is 4.98 Å². The van der Waals surface area contributed by atoms with Crippen LogP contribution in [-0.2, 0) is 0 Å². The second kappa shape index (κ2) is 2.27. The number of aromatic nitrogens is 1. The molecule has 2 nitrogen and oxygen atoms in total. The van der Waals surface area contributed by atoms with Crippen LogP contribution >= 0.6 is 11.3 Å². The van der Waals surface area contributed by atoms with E-state index in [1.165, 1.54) is 0 Å². The maximum absolute atomic E-state index is 4.90. The van der Waals surface area contributed by atoms with Crippen LogP contribution in [0.2, 0.25) is 0 Å². The Kier molecular flexibility index (Phi) is 1.29. The first-order valence-corrected chi connectivity index (χ1v) is 3.82. The Labute approximate surface area is 62.1 Å². The minimum absolute atomic E-state index is 0.985. The fourth-order valence-corrected chi connectivity index (χ4v) is 1.33. The number of furan rings is 1. The molecule has 2 rings (SSSR count). The molecule has 3 heteroatoms. The Balaban J connectivity index is 2.48. The van der Waals surface area contributed by atoms with Crippen LogP contribution in [0.4, 0.5) is 0 Å². The highest BCUT2D eigenvalue weighted by atomic mass is 32.1. The molecule has 0 aliphatic carbocycles. The zero-order chi connectivity index (χ0) is 6.81. The van der Waals surface area contributed by atoms with Gasteiger partial charge in [-0.1, -0.05) is 0 Å². The molecule has 0 aromatic carbocycles. The molecule has 0 spiro atoms. The number of thiazole rings is 1. The molecule has 0 saturated heterocycles. The van der Waals surface area contributed by atoms with Crippen molar-refractivity contribution in [2.45, 2.75) is 0 Å². The van der Waals surface area contributed by atoms with Gasteiger partial charge in [0, 0.05) is 10.9 Å². The van der Waals surface area contributed by atoms with Gasteiger partial charge in [0.25, 0.3) is 0 Å². The summed E-state index contributed by atoms with van der Waals surface area (Å²) in [6.45, 7) is 0. The van der Waals surface area contributed by atoms with Gasteiger partial charge in [0.1, 0.15) is 0 Å². The smallest absolute Gasteiger partial charge is 0.0996 e. The molecule has 0 saturated carbocycles. The quantitative estimate of drug-likeness (QED) is 0.625. The van der Waals surface area contributed by atoms with E-state index in [-0.39, 0.29) is 0 Å². The molecule has 0 bridgehead atoms. The van der Waals surface area contributed by atoms with Gasteiger partial charge >= 0.3 is 0 Å². The SMILES string of the molecule is c1cc(-c2cscn2)co1. The Morgan fingerprint density at radius 3 is 3.10 bits per heavy atom. The van der Waals surface area contributed by atoms with Crippen LogP contribution in [-0.4, -0.2) is 4.98 Å². The Hall–Kier alpha value is -1.09. The van der Waals surface area contributed by atoms with Crippen LogP contribution in [0.3, 0.4) is 0 Å². The third kappa shape index (κ3) is 0.844. The number of rotatable bonds is 1. The van der Waals surface area contributed by atoms with Crippen molar-refractivity contribution in [2.75, 3.05) is 0 Å². The van der Waals surface area contributed by atoms with E-state index in [9.17, 15) is 0 Å². The summed E-state index contributed by atoms with van der Waals surface area (Å²) >= 11 is 1.59. The third-order valence-electron chi connectivity index (χ3n) is 1.25. The number of nitrogens with zero attached hydrogens (tertiary/aromatic N) is 1. The van der Waals surface area contributed by atoms with Gasteiger partial charge < -0.3 is 4.42 Å².